The fourth-order valence-electron chi connectivity index (χ4n) is 4.72. The van der Waals surface area contributed by atoms with Crippen molar-refractivity contribution in [2.75, 3.05) is 38.2 Å². The predicted octanol–water partition coefficient (Wildman–Crippen LogP) is 5.67. The van der Waals surface area contributed by atoms with E-state index in [0.29, 0.717) is 36.1 Å². The van der Waals surface area contributed by atoms with Crippen LogP contribution in [0.3, 0.4) is 0 Å². The molecule has 0 heterocycles. The second kappa shape index (κ2) is 16.9. The van der Waals surface area contributed by atoms with Gasteiger partial charge in [0.05, 0.1) is 31.4 Å². The van der Waals surface area contributed by atoms with E-state index in [9.17, 15) is 18.0 Å². The summed E-state index contributed by atoms with van der Waals surface area (Å²) >= 11 is 6.09. The predicted molar refractivity (Wildman–Crippen MR) is 176 cm³/mol. The normalized spacial score (nSPS) is 11.8. The van der Waals surface area contributed by atoms with Crippen molar-refractivity contribution in [3.63, 3.8) is 0 Å². The molecule has 45 heavy (non-hydrogen) atoms. The van der Waals surface area contributed by atoms with E-state index in [4.69, 9.17) is 25.8 Å². The Bertz CT molecular complexity index is 1520. The summed E-state index contributed by atoms with van der Waals surface area (Å²) < 4.78 is 45.7. The first kappa shape index (κ1) is 35.5. The summed E-state index contributed by atoms with van der Waals surface area (Å²) in [5, 5.41) is 3.45. The Morgan fingerprint density at radius 2 is 1.58 bits per heavy atom. The molecule has 3 aromatic rings. The fraction of sp³-hybridized carbons (Fsp3) is 0.394. The molecule has 1 atom stereocenters. The van der Waals surface area contributed by atoms with Crippen LogP contribution in [0.1, 0.15) is 45.6 Å². The molecule has 0 saturated heterocycles. The van der Waals surface area contributed by atoms with Crippen LogP contribution in [0.25, 0.3) is 0 Å². The summed E-state index contributed by atoms with van der Waals surface area (Å²) in [5.74, 6) is 0.268. The summed E-state index contributed by atoms with van der Waals surface area (Å²) in [7, 11) is -1.46. The highest BCUT2D eigenvalue weighted by atomic mass is 35.5. The third-order valence-corrected chi connectivity index (χ3v) is 9.16. The minimum absolute atomic E-state index is 0.0726. The lowest BCUT2D eigenvalue weighted by molar-refractivity contribution is -0.140. The molecule has 3 rings (SSSR count). The Labute approximate surface area is 271 Å². The Balaban J connectivity index is 2.08. The zero-order valence-electron chi connectivity index (χ0n) is 26.4. The fourth-order valence-corrected chi connectivity index (χ4v) is 6.28. The van der Waals surface area contributed by atoms with Crippen LogP contribution >= 0.6 is 11.6 Å². The van der Waals surface area contributed by atoms with Crippen molar-refractivity contribution in [2.45, 2.75) is 57.5 Å². The lowest BCUT2D eigenvalue weighted by Gasteiger charge is -2.33. The van der Waals surface area contributed by atoms with Gasteiger partial charge in [-0.05, 0) is 73.9 Å². The van der Waals surface area contributed by atoms with Gasteiger partial charge in [0.2, 0.25) is 11.8 Å². The van der Waals surface area contributed by atoms with E-state index in [1.165, 1.54) is 37.3 Å². The minimum atomic E-state index is -4.32. The van der Waals surface area contributed by atoms with Crippen molar-refractivity contribution in [1.29, 1.82) is 0 Å². The molecule has 1 N–H and O–H groups in total. The summed E-state index contributed by atoms with van der Waals surface area (Å²) in [6.45, 7) is 6.09. The van der Waals surface area contributed by atoms with Crippen molar-refractivity contribution in [3.05, 3.63) is 77.3 Å². The van der Waals surface area contributed by atoms with Crippen LogP contribution in [-0.2, 0) is 26.2 Å². The van der Waals surface area contributed by atoms with Crippen LogP contribution < -0.4 is 23.8 Å². The van der Waals surface area contributed by atoms with Gasteiger partial charge in [0.15, 0.2) is 11.5 Å². The van der Waals surface area contributed by atoms with Crippen LogP contribution in [0.5, 0.6) is 17.2 Å². The van der Waals surface area contributed by atoms with Crippen molar-refractivity contribution >= 4 is 39.1 Å². The maximum absolute atomic E-state index is 14.2. The first-order valence-electron chi connectivity index (χ1n) is 14.9. The molecule has 0 bridgehead atoms. The zero-order valence-corrected chi connectivity index (χ0v) is 28.0. The average molecular weight is 660 g/mol. The van der Waals surface area contributed by atoms with Crippen molar-refractivity contribution < 1.29 is 32.2 Å². The van der Waals surface area contributed by atoms with Gasteiger partial charge in [0.1, 0.15) is 18.3 Å². The van der Waals surface area contributed by atoms with Crippen LogP contribution in [0.2, 0.25) is 5.02 Å². The number of hydrogen-bond acceptors (Lipinski definition) is 7. The molecule has 0 aromatic heterocycles. The highest BCUT2D eigenvalue weighted by Crippen LogP contribution is 2.33. The van der Waals surface area contributed by atoms with E-state index in [-0.39, 0.29) is 28.8 Å². The van der Waals surface area contributed by atoms with E-state index < -0.39 is 28.5 Å². The standard InChI is InChI=1S/C33H42ClN3O7S/c1-6-9-20-35-33(39)29(7-2)36(22-24-10-12-25(34)13-11-24)32(38)23-37(26-14-16-27(17-15-26)44-8-3)45(40,41)28-18-19-30(42-4)31(21-28)43-5/h10-19,21,29H,6-9,20,22-23H2,1-5H3,(H,35,39)/t29-/m0/s1. The maximum Gasteiger partial charge on any atom is 0.264 e. The monoisotopic (exact) mass is 659 g/mol. The lowest BCUT2D eigenvalue weighted by atomic mass is 10.1. The summed E-state index contributed by atoms with van der Waals surface area (Å²) in [4.78, 5) is 28.9. The van der Waals surface area contributed by atoms with Gasteiger partial charge in [-0.3, -0.25) is 13.9 Å². The molecule has 12 heteroatoms. The second-order valence-electron chi connectivity index (χ2n) is 10.2. The summed E-state index contributed by atoms with van der Waals surface area (Å²) in [6.07, 6.45) is 2.01. The molecule has 0 unspecified atom stereocenters. The van der Waals surface area contributed by atoms with E-state index in [2.05, 4.69) is 5.32 Å². The average Bonchev–Trinajstić information content (AvgIpc) is 3.04. The molecule has 244 valence electrons. The number of benzene rings is 3. The molecule has 3 aromatic carbocycles. The number of sulfonamides is 1. The summed E-state index contributed by atoms with van der Waals surface area (Å²) in [5.41, 5.74) is 0.983. The Hall–Kier alpha value is -3.96. The van der Waals surface area contributed by atoms with Gasteiger partial charge in [0, 0.05) is 24.2 Å². The molecule has 2 amide bonds. The van der Waals surface area contributed by atoms with Crippen LogP contribution in [0, 0.1) is 0 Å². The topological polar surface area (TPSA) is 114 Å². The smallest absolute Gasteiger partial charge is 0.264 e. The van der Waals surface area contributed by atoms with Gasteiger partial charge in [-0.1, -0.05) is 44.0 Å². The first-order valence-corrected chi connectivity index (χ1v) is 16.7. The van der Waals surface area contributed by atoms with Gasteiger partial charge in [0.25, 0.3) is 10.0 Å². The van der Waals surface area contributed by atoms with E-state index >= 15 is 0 Å². The SMILES string of the molecule is CCCCNC(=O)[C@H](CC)N(Cc1ccc(Cl)cc1)C(=O)CN(c1ccc(OCC)cc1)S(=O)(=O)c1ccc(OC)c(OC)c1. The second-order valence-corrected chi connectivity index (χ2v) is 12.5. The van der Waals surface area contributed by atoms with Crippen molar-refractivity contribution in [3.8, 4) is 17.2 Å². The van der Waals surface area contributed by atoms with Crippen LogP contribution in [0.15, 0.2) is 71.6 Å². The van der Waals surface area contributed by atoms with E-state index in [1.54, 1.807) is 48.5 Å². The van der Waals surface area contributed by atoms with Gasteiger partial charge in [-0.25, -0.2) is 8.42 Å². The molecular weight excluding hydrogens is 618 g/mol. The highest BCUT2D eigenvalue weighted by molar-refractivity contribution is 7.92. The quantitative estimate of drug-likeness (QED) is 0.186. The van der Waals surface area contributed by atoms with Gasteiger partial charge >= 0.3 is 0 Å². The molecule has 0 aliphatic rings. The highest BCUT2D eigenvalue weighted by Gasteiger charge is 2.34. The van der Waals surface area contributed by atoms with E-state index in [0.717, 1.165) is 22.7 Å². The molecular formula is C33H42ClN3O7S. The number of hydrogen-bond donors (Lipinski definition) is 1. The molecule has 0 spiro atoms. The number of carbonyl (C=O) groups is 2. The number of nitrogens with zero attached hydrogens (tertiary/aromatic N) is 2. The molecule has 0 saturated carbocycles. The third kappa shape index (κ3) is 9.27. The number of rotatable bonds is 17. The van der Waals surface area contributed by atoms with Crippen LogP contribution in [0.4, 0.5) is 5.69 Å². The number of ether oxygens (including phenoxy) is 3. The zero-order chi connectivity index (χ0) is 33.0. The van der Waals surface area contributed by atoms with Gasteiger partial charge in [-0.15, -0.1) is 0 Å². The van der Waals surface area contributed by atoms with Crippen LogP contribution in [-0.4, -0.2) is 65.1 Å². The Kier molecular flexibility index (Phi) is 13.4. The van der Waals surface area contributed by atoms with E-state index in [1.807, 2.05) is 20.8 Å². The number of carbonyl (C=O) groups excluding carboxylic acids is 2. The molecule has 0 aliphatic heterocycles. The number of anilines is 1. The Morgan fingerprint density at radius 3 is 2.16 bits per heavy atom. The molecule has 0 fully saturated rings. The first-order chi connectivity index (χ1) is 21.6. The van der Waals surface area contributed by atoms with Gasteiger partial charge < -0.3 is 24.4 Å². The van der Waals surface area contributed by atoms with Crippen molar-refractivity contribution in [1.82, 2.24) is 10.2 Å². The minimum Gasteiger partial charge on any atom is -0.494 e. The van der Waals surface area contributed by atoms with Crippen molar-refractivity contribution in [2.24, 2.45) is 0 Å². The lowest BCUT2D eigenvalue weighted by Crippen LogP contribution is -2.52. The number of nitrogens with one attached hydrogen (secondary N) is 1. The number of amides is 2. The number of halogens is 1. The number of unbranched alkanes of at least 4 members (excludes halogenated alkanes) is 1. The maximum atomic E-state index is 14.2. The molecule has 10 nitrogen and oxygen atoms in total. The summed E-state index contributed by atoms with van der Waals surface area (Å²) in [6, 6.07) is 16.8. The van der Waals surface area contributed by atoms with Gasteiger partial charge in [-0.2, -0.15) is 0 Å². The molecule has 0 aliphatic carbocycles. The third-order valence-electron chi connectivity index (χ3n) is 7.14. The largest absolute Gasteiger partial charge is 0.494 e. The molecule has 0 radical (unpaired) electrons. The Morgan fingerprint density at radius 1 is 0.911 bits per heavy atom. The number of methoxy groups -OCH3 is 2.